The topological polar surface area (TPSA) is 153 Å². The van der Waals surface area contributed by atoms with Gasteiger partial charge in [0.2, 0.25) is 0 Å². The molecule has 8 rings (SSSR count). The maximum atomic E-state index is 7.69. The standard InChI is InChI=1S/3C9H12N2.C9H11N2.Ac/c4*10-8-5-1-3-7-4-2-6-11-9(7)8;/h3*2,4,6,8H,1,3,5,10H2;2,4,6,8,10H,1,3,5H2;/q;;;-1;/t8-;;;8-;/m0..1./s1. The number of hydrogen-bond acceptors (Lipinski definition) is 7. The minimum atomic E-state index is -0.0695. The maximum Gasteiger partial charge on any atom is 0.0602 e. The van der Waals surface area contributed by atoms with Crippen LogP contribution in [0.4, 0.5) is 0 Å². The van der Waals surface area contributed by atoms with Crippen LogP contribution in [0.25, 0.3) is 5.73 Å². The molecule has 0 aliphatic heterocycles. The molecule has 0 saturated carbocycles. The number of fused-ring (bicyclic) bond motifs is 4. The van der Waals surface area contributed by atoms with Crippen LogP contribution in [0, 0.1) is 44.1 Å². The normalized spacial score (nSPS) is 22.3. The summed E-state index contributed by atoms with van der Waals surface area (Å²) in [6.45, 7) is 0. The van der Waals surface area contributed by atoms with Crippen molar-refractivity contribution in [2.45, 2.75) is 101 Å². The van der Waals surface area contributed by atoms with Crippen molar-refractivity contribution in [2.75, 3.05) is 0 Å². The monoisotopic (exact) mass is 818 g/mol. The Morgan fingerprint density at radius 2 is 0.756 bits per heavy atom. The van der Waals surface area contributed by atoms with Crippen LogP contribution in [0.2, 0.25) is 0 Å². The minimum Gasteiger partial charge on any atom is -0.670 e. The summed E-state index contributed by atoms with van der Waals surface area (Å²) >= 11 is 0. The number of aromatic nitrogens is 4. The molecule has 1 radical (unpaired) electrons. The van der Waals surface area contributed by atoms with Gasteiger partial charge in [0.1, 0.15) is 0 Å². The van der Waals surface area contributed by atoms with Gasteiger partial charge in [0.15, 0.2) is 0 Å². The van der Waals surface area contributed by atoms with Crippen molar-refractivity contribution < 1.29 is 44.1 Å². The zero-order valence-electron chi connectivity index (χ0n) is 26.3. The van der Waals surface area contributed by atoms with Gasteiger partial charge >= 0.3 is 0 Å². The Labute approximate surface area is 304 Å². The summed E-state index contributed by atoms with van der Waals surface area (Å²) in [5.41, 5.74) is 35.0. The second kappa shape index (κ2) is 18.3. The first-order chi connectivity index (χ1) is 21.5. The van der Waals surface area contributed by atoms with Crippen LogP contribution in [0.1, 0.15) is 121 Å². The van der Waals surface area contributed by atoms with Gasteiger partial charge in [-0.1, -0.05) is 43.1 Å². The van der Waals surface area contributed by atoms with Crippen LogP contribution < -0.4 is 17.2 Å². The first kappa shape index (κ1) is 35.7. The van der Waals surface area contributed by atoms with E-state index >= 15 is 0 Å². The Balaban J connectivity index is 0.000000136. The van der Waals surface area contributed by atoms with Crippen LogP contribution >= 0.6 is 0 Å². The van der Waals surface area contributed by atoms with Gasteiger partial charge in [-0.2, -0.15) is 0 Å². The average Bonchev–Trinajstić information content (AvgIpc) is 3.07. The van der Waals surface area contributed by atoms with Crippen LogP contribution in [-0.4, -0.2) is 19.9 Å². The number of hydrogen-bond donors (Lipinski definition) is 3. The molecule has 0 fully saturated rings. The van der Waals surface area contributed by atoms with Crippen molar-refractivity contribution in [3.8, 4) is 0 Å². The molecule has 0 spiro atoms. The number of nitrogens with one attached hydrogen (secondary N) is 1. The molecule has 4 aromatic heterocycles. The zero-order valence-corrected chi connectivity index (χ0v) is 31.1. The summed E-state index contributed by atoms with van der Waals surface area (Å²) in [6, 6.07) is 16.8. The quantitative estimate of drug-likeness (QED) is 0.177. The number of rotatable bonds is 0. The molecule has 0 amide bonds. The Morgan fingerprint density at radius 3 is 1.07 bits per heavy atom. The molecular weight excluding hydrogens is 771 g/mol. The van der Waals surface area contributed by atoms with E-state index in [0.717, 1.165) is 80.6 Å². The van der Waals surface area contributed by atoms with Gasteiger partial charge in [0, 0.05) is 92.7 Å². The fourth-order valence-electron chi connectivity index (χ4n) is 6.55. The fraction of sp³-hybridized carbons (Fsp3) is 0.444. The first-order valence-electron chi connectivity index (χ1n) is 16.2. The van der Waals surface area contributed by atoms with Gasteiger partial charge in [-0.15, -0.1) is 0 Å². The maximum absolute atomic E-state index is 7.69. The predicted octanol–water partition coefficient (Wildman–Crippen LogP) is 6.76. The fourth-order valence-corrected chi connectivity index (χ4v) is 6.55. The molecule has 4 aliphatic carbocycles. The second-order valence-corrected chi connectivity index (χ2v) is 12.1. The summed E-state index contributed by atoms with van der Waals surface area (Å²) in [5, 5.41) is 0. The van der Waals surface area contributed by atoms with E-state index in [0.29, 0.717) is 0 Å². The largest absolute Gasteiger partial charge is 0.670 e. The summed E-state index contributed by atoms with van der Waals surface area (Å²) in [4.78, 5) is 17.0. The van der Waals surface area contributed by atoms with E-state index in [1.165, 1.54) is 41.5 Å². The summed E-state index contributed by atoms with van der Waals surface area (Å²) < 4.78 is 0. The molecule has 2 unspecified atom stereocenters. The van der Waals surface area contributed by atoms with Crippen LogP contribution in [0.5, 0.6) is 0 Å². The molecule has 9 heteroatoms. The van der Waals surface area contributed by atoms with Crippen molar-refractivity contribution in [3.05, 3.63) is 124 Å². The first-order valence-corrected chi connectivity index (χ1v) is 16.2. The third-order valence-electron chi connectivity index (χ3n) is 8.91. The Morgan fingerprint density at radius 1 is 0.467 bits per heavy atom. The van der Waals surface area contributed by atoms with Gasteiger partial charge in [-0.05, 0) is 111 Å². The van der Waals surface area contributed by atoms with Crippen molar-refractivity contribution in [3.63, 3.8) is 0 Å². The summed E-state index contributed by atoms with van der Waals surface area (Å²) in [6.07, 6.45) is 20.8. The molecular formula is C36H47AcN8-. The van der Waals surface area contributed by atoms with Gasteiger partial charge < -0.3 is 22.9 Å². The molecule has 7 N–H and O–H groups in total. The summed E-state index contributed by atoms with van der Waals surface area (Å²) in [5.74, 6) is 0. The molecule has 45 heavy (non-hydrogen) atoms. The van der Waals surface area contributed by atoms with Gasteiger partial charge in [0.05, 0.1) is 17.1 Å². The molecule has 0 saturated heterocycles. The predicted molar refractivity (Wildman–Crippen MR) is 177 cm³/mol. The van der Waals surface area contributed by atoms with Crippen LogP contribution in [0.3, 0.4) is 0 Å². The van der Waals surface area contributed by atoms with Gasteiger partial charge in [0.25, 0.3) is 0 Å². The van der Waals surface area contributed by atoms with Crippen molar-refractivity contribution >= 4 is 0 Å². The van der Waals surface area contributed by atoms with E-state index in [-0.39, 0.29) is 68.2 Å². The molecule has 4 aliphatic rings. The van der Waals surface area contributed by atoms with E-state index in [2.05, 4.69) is 44.2 Å². The molecule has 0 bridgehead atoms. The SMILES string of the molecule is NC1CCCc2cccnc21.NC1CCCc2cccnc21.N[C@H]1CCCc2cccnc21.[Ac].[NH-][C@@H]1CCCc2cccnc21. The Bertz CT molecular complexity index is 1260. The smallest absolute Gasteiger partial charge is 0.0602 e. The van der Waals surface area contributed by atoms with E-state index in [1.807, 2.05) is 42.9 Å². The van der Waals surface area contributed by atoms with Gasteiger partial charge in [-0.25, -0.2) is 0 Å². The van der Waals surface area contributed by atoms with Crippen molar-refractivity contribution in [1.29, 1.82) is 0 Å². The number of pyridine rings is 4. The zero-order chi connectivity index (χ0) is 30.7. The molecule has 4 atom stereocenters. The second-order valence-electron chi connectivity index (χ2n) is 12.1. The van der Waals surface area contributed by atoms with Crippen LogP contribution in [-0.2, 0) is 25.7 Å². The minimum absolute atomic E-state index is 0. The summed E-state index contributed by atoms with van der Waals surface area (Å²) in [7, 11) is 0. The van der Waals surface area contributed by atoms with Crippen molar-refractivity contribution in [1.82, 2.24) is 19.9 Å². The number of nitrogens with two attached hydrogens (primary N) is 3. The third-order valence-corrected chi connectivity index (χ3v) is 8.91. The molecule has 0 aromatic carbocycles. The number of aryl methyl sites for hydroxylation is 4. The molecule has 4 heterocycles. The van der Waals surface area contributed by atoms with Crippen molar-refractivity contribution in [2.24, 2.45) is 17.2 Å². The van der Waals surface area contributed by atoms with E-state index in [1.54, 1.807) is 6.20 Å². The average molecular weight is 819 g/mol. The molecule has 4 aromatic rings. The Kier molecular flexibility index (Phi) is 14.5. The van der Waals surface area contributed by atoms with E-state index < -0.39 is 0 Å². The van der Waals surface area contributed by atoms with Gasteiger partial charge in [-0.3, -0.25) is 19.9 Å². The molecule has 8 nitrogen and oxygen atoms in total. The Hall–Kier alpha value is -2.12. The van der Waals surface area contributed by atoms with Crippen LogP contribution in [0.15, 0.2) is 73.3 Å². The van der Waals surface area contributed by atoms with E-state index in [9.17, 15) is 0 Å². The third kappa shape index (κ3) is 9.94. The number of nitrogens with zero attached hydrogens (tertiary/aromatic N) is 4. The molecule has 235 valence electrons. The van der Waals surface area contributed by atoms with E-state index in [4.69, 9.17) is 22.9 Å².